The number of hydrogen-bond acceptors (Lipinski definition) is 5. The number of aromatic nitrogens is 2. The van der Waals surface area contributed by atoms with Gasteiger partial charge in [-0.3, -0.25) is 14.6 Å². The lowest BCUT2D eigenvalue weighted by molar-refractivity contribution is 0.102. The average molecular weight is 379 g/mol. The molecule has 1 aromatic carbocycles. The maximum atomic E-state index is 12.1. The van der Waals surface area contributed by atoms with Crippen LogP contribution in [0.2, 0.25) is 0 Å². The molecule has 0 aliphatic carbocycles. The highest BCUT2D eigenvalue weighted by Crippen LogP contribution is 2.17. The molecule has 0 saturated carbocycles. The number of thioether (sulfide) groups is 1. The third-order valence-electron chi connectivity index (χ3n) is 2.56. The van der Waals surface area contributed by atoms with Gasteiger partial charge in [-0.25, -0.2) is 4.98 Å². The van der Waals surface area contributed by atoms with Gasteiger partial charge in [-0.1, -0.05) is 33.6 Å². The second kappa shape index (κ2) is 7.15. The van der Waals surface area contributed by atoms with Crippen LogP contribution in [0.4, 0.5) is 11.5 Å². The summed E-state index contributed by atoms with van der Waals surface area (Å²) in [5.74, 6) is 2.26. The fourth-order valence-electron chi connectivity index (χ4n) is 1.56. The number of anilines is 2. The molecular weight excluding hydrogens is 368 g/mol. The van der Waals surface area contributed by atoms with Crippen LogP contribution in [0.25, 0.3) is 0 Å². The van der Waals surface area contributed by atoms with Crippen LogP contribution in [0.1, 0.15) is 10.4 Å². The molecule has 1 aromatic heterocycles. The van der Waals surface area contributed by atoms with E-state index in [2.05, 4.69) is 37.1 Å². The molecule has 0 aliphatic heterocycles. The first-order valence-electron chi connectivity index (χ1n) is 6.04. The fraction of sp³-hybridized carbons (Fsp3) is 0.0714. The lowest BCUT2D eigenvalue weighted by atomic mass is 10.2. The summed E-state index contributed by atoms with van der Waals surface area (Å²) in [4.78, 5) is 30.6. The van der Waals surface area contributed by atoms with Crippen molar-refractivity contribution in [3.8, 4) is 12.3 Å². The number of rotatable bonds is 4. The lowest BCUT2D eigenvalue weighted by Crippen LogP contribution is -2.23. The van der Waals surface area contributed by atoms with E-state index >= 15 is 0 Å². The van der Waals surface area contributed by atoms with Gasteiger partial charge in [-0.2, -0.15) is 0 Å². The minimum atomic E-state index is -0.530. The van der Waals surface area contributed by atoms with Crippen molar-refractivity contribution in [3.05, 3.63) is 44.7 Å². The summed E-state index contributed by atoms with van der Waals surface area (Å²) < 4.78 is 0.845. The summed E-state index contributed by atoms with van der Waals surface area (Å²) in [7, 11) is 0. The predicted molar refractivity (Wildman–Crippen MR) is 90.9 cm³/mol. The van der Waals surface area contributed by atoms with Crippen LogP contribution in [0.3, 0.4) is 0 Å². The van der Waals surface area contributed by atoms with Crippen LogP contribution in [0, 0.1) is 12.3 Å². The van der Waals surface area contributed by atoms with E-state index in [0.717, 1.165) is 4.47 Å². The minimum Gasteiger partial charge on any atom is -0.382 e. The lowest BCUT2D eigenvalue weighted by Gasteiger charge is -2.08. The Morgan fingerprint density at radius 3 is 2.73 bits per heavy atom. The van der Waals surface area contributed by atoms with E-state index in [4.69, 9.17) is 12.2 Å². The van der Waals surface area contributed by atoms with Gasteiger partial charge in [0.15, 0.2) is 11.0 Å². The first-order valence-corrected chi connectivity index (χ1v) is 7.82. The zero-order chi connectivity index (χ0) is 16.1. The van der Waals surface area contributed by atoms with E-state index in [1.54, 1.807) is 24.3 Å². The van der Waals surface area contributed by atoms with Gasteiger partial charge in [0.2, 0.25) is 0 Å². The average Bonchev–Trinajstić information content (AvgIpc) is 2.49. The number of benzene rings is 1. The molecule has 0 aliphatic rings. The minimum absolute atomic E-state index is 0.0614. The number of aromatic amines is 1. The van der Waals surface area contributed by atoms with E-state index in [0.29, 0.717) is 16.5 Å². The summed E-state index contributed by atoms with van der Waals surface area (Å²) in [5, 5.41) is 2.77. The molecule has 0 fully saturated rings. The number of amides is 1. The number of carbonyl (C=O) groups excluding carboxylic acids is 1. The molecule has 0 bridgehead atoms. The van der Waals surface area contributed by atoms with Gasteiger partial charge in [0.05, 0.1) is 5.75 Å². The van der Waals surface area contributed by atoms with Crippen LogP contribution in [-0.4, -0.2) is 21.6 Å². The maximum absolute atomic E-state index is 12.1. The second-order valence-corrected chi connectivity index (χ2v) is 5.96. The summed E-state index contributed by atoms with van der Waals surface area (Å²) in [6, 6.07) is 6.68. The Labute approximate surface area is 139 Å². The van der Waals surface area contributed by atoms with Crippen LogP contribution >= 0.6 is 27.7 Å². The number of nitrogens with two attached hydrogens (primary N) is 1. The molecule has 22 heavy (non-hydrogen) atoms. The number of nitrogen functional groups attached to an aromatic ring is 1. The second-order valence-electron chi connectivity index (χ2n) is 4.09. The maximum Gasteiger partial charge on any atom is 0.277 e. The highest BCUT2D eigenvalue weighted by Gasteiger charge is 2.13. The van der Waals surface area contributed by atoms with Crippen molar-refractivity contribution in [1.82, 2.24) is 9.97 Å². The van der Waals surface area contributed by atoms with Crippen molar-refractivity contribution < 1.29 is 4.79 Å². The van der Waals surface area contributed by atoms with Gasteiger partial charge >= 0.3 is 0 Å². The number of nitrogens with one attached hydrogen (secondary N) is 2. The van der Waals surface area contributed by atoms with E-state index in [1.807, 2.05) is 0 Å². The van der Waals surface area contributed by atoms with Crippen LogP contribution in [0.5, 0.6) is 0 Å². The molecule has 0 unspecified atom stereocenters. The zero-order valence-corrected chi connectivity index (χ0v) is 13.6. The largest absolute Gasteiger partial charge is 0.382 e. The van der Waals surface area contributed by atoms with Crippen molar-refractivity contribution in [2.24, 2.45) is 0 Å². The standard InChI is InChI=1S/C14H11BrN4O2S/c1-2-7-22-14-18-11(16)10(13(21)19-14)17-12(20)8-3-5-9(15)6-4-8/h1,3-6H,7H2,(H,17,20)(H3,16,18,19,21). The SMILES string of the molecule is C#CCSc1nc(N)c(NC(=O)c2ccc(Br)cc2)c(=O)[nH]1. The molecular formula is C14H11BrN4O2S. The highest BCUT2D eigenvalue weighted by atomic mass is 79.9. The van der Waals surface area contributed by atoms with Crippen LogP contribution < -0.4 is 16.6 Å². The number of carbonyl (C=O) groups is 1. The van der Waals surface area contributed by atoms with Gasteiger partial charge in [0.25, 0.3) is 11.5 Å². The molecule has 1 amide bonds. The molecule has 0 radical (unpaired) electrons. The Hall–Kier alpha value is -2.24. The van der Waals surface area contributed by atoms with Gasteiger partial charge in [-0.05, 0) is 24.3 Å². The molecule has 0 spiro atoms. The topological polar surface area (TPSA) is 101 Å². The number of nitrogens with zero attached hydrogens (tertiary/aromatic N) is 1. The smallest absolute Gasteiger partial charge is 0.277 e. The molecule has 4 N–H and O–H groups in total. The van der Waals surface area contributed by atoms with E-state index in [9.17, 15) is 9.59 Å². The summed E-state index contributed by atoms with van der Waals surface area (Å²) in [5.41, 5.74) is 5.51. The van der Waals surface area contributed by atoms with E-state index < -0.39 is 11.5 Å². The molecule has 1 heterocycles. The molecule has 112 valence electrons. The number of terminal acetylenes is 1. The fourth-order valence-corrected chi connectivity index (χ4v) is 2.37. The Kier molecular flexibility index (Phi) is 5.25. The van der Waals surface area contributed by atoms with Crippen molar-refractivity contribution >= 4 is 45.1 Å². The molecule has 0 atom stereocenters. The van der Waals surface area contributed by atoms with E-state index in [1.165, 1.54) is 11.8 Å². The first-order chi connectivity index (χ1) is 10.5. The normalized spacial score (nSPS) is 10.0. The number of halogens is 1. The molecule has 6 nitrogen and oxygen atoms in total. The van der Waals surface area contributed by atoms with E-state index in [-0.39, 0.29) is 11.5 Å². The Morgan fingerprint density at radius 1 is 1.45 bits per heavy atom. The first kappa shape index (κ1) is 16.1. The van der Waals surface area contributed by atoms with Gasteiger partial charge in [0, 0.05) is 10.0 Å². The monoisotopic (exact) mass is 378 g/mol. The van der Waals surface area contributed by atoms with Gasteiger partial charge in [-0.15, -0.1) is 6.42 Å². The molecule has 0 saturated heterocycles. The third kappa shape index (κ3) is 3.90. The highest BCUT2D eigenvalue weighted by molar-refractivity contribution is 9.10. The summed E-state index contributed by atoms with van der Waals surface area (Å²) in [6.07, 6.45) is 5.14. The summed E-state index contributed by atoms with van der Waals surface area (Å²) >= 11 is 4.45. The predicted octanol–water partition coefficient (Wildman–Crippen LogP) is 2.09. The van der Waals surface area contributed by atoms with Gasteiger partial charge in [0.1, 0.15) is 5.69 Å². The number of hydrogen-bond donors (Lipinski definition) is 3. The third-order valence-corrected chi connectivity index (χ3v) is 3.87. The van der Waals surface area contributed by atoms with Crippen LogP contribution in [-0.2, 0) is 0 Å². The molecule has 2 aromatic rings. The van der Waals surface area contributed by atoms with Crippen molar-refractivity contribution in [1.29, 1.82) is 0 Å². The Bertz CT molecular complexity index is 796. The number of H-pyrrole nitrogens is 1. The van der Waals surface area contributed by atoms with Gasteiger partial charge < -0.3 is 11.1 Å². The summed E-state index contributed by atoms with van der Waals surface area (Å²) in [6.45, 7) is 0. The Balaban J connectivity index is 2.23. The molecule has 8 heteroatoms. The zero-order valence-electron chi connectivity index (χ0n) is 11.2. The van der Waals surface area contributed by atoms with Crippen molar-refractivity contribution in [3.63, 3.8) is 0 Å². The van der Waals surface area contributed by atoms with Crippen LogP contribution in [0.15, 0.2) is 38.7 Å². The van der Waals surface area contributed by atoms with Crippen molar-refractivity contribution in [2.45, 2.75) is 5.16 Å². The van der Waals surface area contributed by atoms with Crippen molar-refractivity contribution in [2.75, 3.05) is 16.8 Å². The molecule has 2 rings (SSSR count). The quantitative estimate of drug-likeness (QED) is 0.429. The Morgan fingerprint density at radius 2 is 2.14 bits per heavy atom.